The van der Waals surface area contributed by atoms with Gasteiger partial charge in [-0.3, -0.25) is 9.59 Å². The molecule has 0 saturated carbocycles. The summed E-state index contributed by atoms with van der Waals surface area (Å²) in [5.74, 6) is 0.283. The van der Waals surface area contributed by atoms with Crippen molar-refractivity contribution in [2.45, 2.75) is 44.6 Å². The van der Waals surface area contributed by atoms with Crippen LogP contribution < -0.4 is 5.32 Å². The third kappa shape index (κ3) is 4.58. The van der Waals surface area contributed by atoms with Gasteiger partial charge in [0.25, 0.3) is 5.91 Å². The Morgan fingerprint density at radius 3 is 2.52 bits per heavy atom. The van der Waals surface area contributed by atoms with Crippen LogP contribution in [0.4, 0.5) is 0 Å². The Morgan fingerprint density at radius 2 is 1.73 bits per heavy atom. The van der Waals surface area contributed by atoms with Gasteiger partial charge in [0.2, 0.25) is 5.91 Å². The number of aromatic nitrogens is 1. The number of hydrogen-bond acceptors (Lipinski definition) is 4. The predicted octanol–water partition coefficient (Wildman–Crippen LogP) is 5.08. The fraction of sp³-hybridized carbons (Fsp3) is 0.370. The number of para-hydroxylation sites is 1. The molecule has 1 aliphatic heterocycles. The molecule has 1 N–H and O–H groups in total. The van der Waals surface area contributed by atoms with Crippen LogP contribution in [0.5, 0.6) is 0 Å². The Labute approximate surface area is 198 Å². The summed E-state index contributed by atoms with van der Waals surface area (Å²) >= 11 is 1.71. The average Bonchev–Trinajstić information content (AvgIpc) is 3.28. The van der Waals surface area contributed by atoms with E-state index in [-0.39, 0.29) is 29.7 Å². The molecule has 2 aromatic carbocycles. The first-order chi connectivity index (χ1) is 16.1. The zero-order valence-electron chi connectivity index (χ0n) is 18.9. The Balaban J connectivity index is 1.23. The molecule has 33 heavy (non-hydrogen) atoms. The number of carbonyl (C=O) groups is 2. The molecule has 1 fully saturated rings. The zero-order valence-corrected chi connectivity index (χ0v) is 19.7. The molecule has 2 unspecified atom stereocenters. The van der Waals surface area contributed by atoms with Crippen molar-refractivity contribution >= 4 is 33.4 Å². The van der Waals surface area contributed by atoms with Crippen molar-refractivity contribution in [3.05, 3.63) is 76.8 Å². The number of likely N-dealkylation sites (tertiary alicyclic amines) is 1. The van der Waals surface area contributed by atoms with Crippen LogP contribution in [-0.4, -0.2) is 40.8 Å². The van der Waals surface area contributed by atoms with Gasteiger partial charge in [-0.15, -0.1) is 11.3 Å². The largest absolute Gasteiger partial charge is 0.349 e. The highest BCUT2D eigenvalue weighted by Crippen LogP contribution is 2.39. The van der Waals surface area contributed by atoms with Crippen molar-refractivity contribution in [2.24, 2.45) is 5.92 Å². The van der Waals surface area contributed by atoms with E-state index in [1.165, 1.54) is 4.70 Å². The van der Waals surface area contributed by atoms with Crippen molar-refractivity contribution in [3.63, 3.8) is 0 Å². The van der Waals surface area contributed by atoms with Gasteiger partial charge in [0.15, 0.2) is 0 Å². The van der Waals surface area contributed by atoms with Gasteiger partial charge in [-0.1, -0.05) is 42.5 Å². The third-order valence-electron chi connectivity index (χ3n) is 6.91. The standard InChI is InChI=1S/C27H29N3O2S/c1-18-8-2-3-9-20(18)25(31)28-19-14-16-30(17-15-19)27(32)22-11-5-4-10-21(22)26-29-23-12-6-7-13-24(23)33-26/h2-9,12-13,19,21-22H,10-11,14-17H2,1H3,(H,28,31). The predicted molar refractivity (Wildman–Crippen MR) is 132 cm³/mol. The highest BCUT2D eigenvalue weighted by atomic mass is 32.1. The molecule has 2 aliphatic rings. The van der Waals surface area contributed by atoms with Crippen molar-refractivity contribution < 1.29 is 9.59 Å². The number of piperidine rings is 1. The van der Waals surface area contributed by atoms with E-state index in [4.69, 9.17) is 4.98 Å². The Bertz CT molecular complexity index is 1160. The lowest BCUT2D eigenvalue weighted by atomic mass is 9.82. The normalized spacial score (nSPS) is 21.3. The average molecular weight is 460 g/mol. The van der Waals surface area contributed by atoms with E-state index < -0.39 is 0 Å². The Morgan fingerprint density at radius 1 is 1.00 bits per heavy atom. The lowest BCUT2D eigenvalue weighted by molar-refractivity contribution is -0.137. The molecule has 2 atom stereocenters. The van der Waals surface area contributed by atoms with Crippen LogP contribution in [0.2, 0.25) is 0 Å². The number of amides is 2. The molecular formula is C27H29N3O2S. The maximum absolute atomic E-state index is 13.5. The molecule has 1 aliphatic carbocycles. The minimum Gasteiger partial charge on any atom is -0.349 e. The van der Waals surface area contributed by atoms with Crippen molar-refractivity contribution in [1.82, 2.24) is 15.2 Å². The van der Waals surface area contributed by atoms with Gasteiger partial charge in [-0.05, 0) is 56.4 Å². The molecule has 0 spiro atoms. The molecule has 1 saturated heterocycles. The molecule has 0 radical (unpaired) electrons. The lowest BCUT2D eigenvalue weighted by Gasteiger charge is -2.36. The van der Waals surface area contributed by atoms with Gasteiger partial charge in [-0.2, -0.15) is 0 Å². The summed E-state index contributed by atoms with van der Waals surface area (Å²) in [4.78, 5) is 33.1. The molecule has 1 aromatic heterocycles. The highest BCUT2D eigenvalue weighted by molar-refractivity contribution is 7.18. The van der Waals surface area contributed by atoms with Gasteiger partial charge < -0.3 is 10.2 Å². The number of nitrogens with zero attached hydrogens (tertiary/aromatic N) is 2. The molecule has 6 heteroatoms. The van der Waals surface area contributed by atoms with E-state index in [0.29, 0.717) is 13.1 Å². The van der Waals surface area contributed by atoms with Gasteiger partial charge in [0.1, 0.15) is 0 Å². The van der Waals surface area contributed by atoms with E-state index in [1.54, 1.807) is 11.3 Å². The van der Waals surface area contributed by atoms with Crippen LogP contribution in [0.1, 0.15) is 52.5 Å². The number of benzene rings is 2. The number of hydrogen-bond donors (Lipinski definition) is 1. The van der Waals surface area contributed by atoms with E-state index in [9.17, 15) is 9.59 Å². The van der Waals surface area contributed by atoms with Gasteiger partial charge in [-0.25, -0.2) is 4.98 Å². The summed E-state index contributed by atoms with van der Waals surface area (Å²) in [6.07, 6.45) is 7.54. The van der Waals surface area contributed by atoms with Crippen LogP contribution >= 0.6 is 11.3 Å². The second-order valence-electron chi connectivity index (χ2n) is 9.06. The molecule has 0 bridgehead atoms. The summed E-state index contributed by atoms with van der Waals surface area (Å²) in [5.41, 5.74) is 2.72. The summed E-state index contributed by atoms with van der Waals surface area (Å²) in [6.45, 7) is 3.32. The molecule has 5 nitrogen and oxygen atoms in total. The van der Waals surface area contributed by atoms with Crippen LogP contribution in [0, 0.1) is 12.8 Å². The molecular weight excluding hydrogens is 430 g/mol. The van der Waals surface area contributed by atoms with Gasteiger partial charge in [0.05, 0.1) is 21.1 Å². The number of allylic oxidation sites excluding steroid dienone is 2. The van der Waals surface area contributed by atoms with Gasteiger partial charge >= 0.3 is 0 Å². The summed E-state index contributed by atoms with van der Waals surface area (Å²) < 4.78 is 1.18. The Hall–Kier alpha value is -2.99. The molecule has 2 heterocycles. The molecule has 5 rings (SSSR count). The fourth-order valence-corrected chi connectivity index (χ4v) is 6.12. The minimum atomic E-state index is -0.0614. The van der Waals surface area contributed by atoms with Crippen LogP contribution in [-0.2, 0) is 4.79 Å². The smallest absolute Gasteiger partial charge is 0.251 e. The van der Waals surface area contributed by atoms with E-state index in [2.05, 4.69) is 23.5 Å². The number of rotatable bonds is 4. The second kappa shape index (κ2) is 9.48. The quantitative estimate of drug-likeness (QED) is 0.554. The van der Waals surface area contributed by atoms with Crippen LogP contribution in [0.25, 0.3) is 10.2 Å². The number of thiazole rings is 1. The first-order valence-corrected chi connectivity index (χ1v) is 12.6. The Kier molecular flexibility index (Phi) is 6.27. The maximum atomic E-state index is 13.5. The van der Waals surface area contributed by atoms with E-state index >= 15 is 0 Å². The lowest BCUT2D eigenvalue weighted by Crippen LogP contribution is -2.49. The number of fused-ring (bicyclic) bond motifs is 1. The summed E-state index contributed by atoms with van der Waals surface area (Å²) in [6, 6.07) is 15.9. The van der Waals surface area contributed by atoms with Crippen molar-refractivity contribution in [3.8, 4) is 0 Å². The molecule has 3 aromatic rings. The number of aryl methyl sites for hydroxylation is 1. The summed E-state index contributed by atoms with van der Waals surface area (Å²) in [7, 11) is 0. The first kappa shape index (κ1) is 21.8. The van der Waals surface area contributed by atoms with Crippen LogP contribution in [0.15, 0.2) is 60.7 Å². The van der Waals surface area contributed by atoms with Gasteiger partial charge in [0, 0.05) is 30.6 Å². The monoisotopic (exact) mass is 459 g/mol. The number of nitrogens with one attached hydrogen (secondary N) is 1. The van der Waals surface area contributed by atoms with E-state index in [1.807, 2.05) is 54.3 Å². The first-order valence-electron chi connectivity index (χ1n) is 11.8. The second-order valence-corrected chi connectivity index (χ2v) is 10.1. The minimum absolute atomic E-state index is 0.0220. The SMILES string of the molecule is Cc1ccccc1C(=O)NC1CCN(C(=O)C2CC=CCC2c2nc3ccccc3s2)CC1. The summed E-state index contributed by atoms with van der Waals surface area (Å²) in [5, 5.41) is 4.24. The van der Waals surface area contributed by atoms with Crippen molar-refractivity contribution in [2.75, 3.05) is 13.1 Å². The molecule has 2 amide bonds. The molecule has 170 valence electrons. The van der Waals surface area contributed by atoms with E-state index in [0.717, 1.165) is 47.3 Å². The third-order valence-corrected chi connectivity index (χ3v) is 8.08. The zero-order chi connectivity index (χ0) is 22.8. The topological polar surface area (TPSA) is 62.3 Å². The maximum Gasteiger partial charge on any atom is 0.251 e. The van der Waals surface area contributed by atoms with Crippen molar-refractivity contribution in [1.29, 1.82) is 0 Å². The fourth-order valence-electron chi connectivity index (χ4n) is 4.98. The van der Waals surface area contributed by atoms with Crippen LogP contribution in [0.3, 0.4) is 0 Å². The number of carbonyl (C=O) groups excluding carboxylic acids is 2. The highest BCUT2D eigenvalue weighted by Gasteiger charge is 2.36.